The monoisotopic (exact) mass is 266 g/mol. The molecule has 0 atom stereocenters. The summed E-state index contributed by atoms with van der Waals surface area (Å²) < 4.78 is 0. The molecule has 0 fully saturated rings. The Morgan fingerprint density at radius 2 is 1.75 bits per heavy atom. The number of benzene rings is 2. The molecule has 2 aromatic carbocycles. The fourth-order valence-corrected chi connectivity index (χ4v) is 1.67. The van der Waals surface area contributed by atoms with Gasteiger partial charge in [0.05, 0.1) is 0 Å². The maximum Gasteiger partial charge on any atom is 0.248 e. The predicted octanol–water partition coefficient (Wildman–Crippen LogP) is 2.44. The minimum absolute atomic E-state index is 0.268. The summed E-state index contributed by atoms with van der Waals surface area (Å²) in [5.74, 6) is -0.795. The number of nitrogens with one attached hydrogen (secondary N) is 1. The molecule has 0 bridgehead atoms. The number of primary amides is 1. The van der Waals surface area contributed by atoms with E-state index >= 15 is 0 Å². The Kier molecular flexibility index (Phi) is 4.29. The van der Waals surface area contributed by atoms with Crippen LogP contribution in [0.25, 0.3) is 6.08 Å². The molecule has 0 spiro atoms. The fourth-order valence-electron chi connectivity index (χ4n) is 1.67. The number of carbonyl (C=O) groups is 2. The highest BCUT2D eigenvalue weighted by Gasteiger charge is 2.02. The zero-order valence-corrected chi connectivity index (χ0v) is 10.7. The largest absolute Gasteiger partial charge is 0.366 e. The highest BCUT2D eigenvalue weighted by Crippen LogP contribution is 2.10. The van der Waals surface area contributed by atoms with Crippen molar-refractivity contribution in [1.29, 1.82) is 0 Å². The van der Waals surface area contributed by atoms with Crippen molar-refractivity contribution in [3.05, 3.63) is 71.8 Å². The first kappa shape index (κ1) is 13.5. The summed E-state index contributed by atoms with van der Waals surface area (Å²) in [5.41, 5.74) is 7.01. The Bertz CT molecular complexity index is 649. The number of hydrogen-bond acceptors (Lipinski definition) is 2. The number of amides is 2. The Morgan fingerprint density at radius 1 is 1.00 bits per heavy atom. The Hall–Kier alpha value is -2.88. The van der Waals surface area contributed by atoms with Gasteiger partial charge in [0.25, 0.3) is 0 Å². The Morgan fingerprint density at radius 3 is 2.45 bits per heavy atom. The van der Waals surface area contributed by atoms with Crippen LogP contribution in [-0.2, 0) is 4.79 Å². The van der Waals surface area contributed by atoms with E-state index in [0.717, 1.165) is 5.56 Å². The third-order valence-corrected chi connectivity index (χ3v) is 2.64. The molecule has 2 amide bonds. The Labute approximate surface area is 116 Å². The maximum absolute atomic E-state index is 11.8. The fraction of sp³-hybridized carbons (Fsp3) is 0. The third-order valence-electron chi connectivity index (χ3n) is 2.64. The van der Waals surface area contributed by atoms with Crippen LogP contribution in [0, 0.1) is 0 Å². The third kappa shape index (κ3) is 3.81. The van der Waals surface area contributed by atoms with E-state index < -0.39 is 5.91 Å². The molecule has 4 heteroatoms. The van der Waals surface area contributed by atoms with Crippen LogP contribution in [-0.4, -0.2) is 11.8 Å². The molecule has 3 N–H and O–H groups in total. The first-order valence-electron chi connectivity index (χ1n) is 6.09. The minimum atomic E-state index is -0.527. The molecule has 2 rings (SSSR count). The second-order valence-corrected chi connectivity index (χ2v) is 4.18. The average molecular weight is 266 g/mol. The molecule has 0 unspecified atom stereocenters. The van der Waals surface area contributed by atoms with Crippen molar-refractivity contribution in [1.82, 2.24) is 0 Å². The van der Waals surface area contributed by atoms with Crippen LogP contribution in [0.4, 0.5) is 5.69 Å². The van der Waals surface area contributed by atoms with Crippen molar-refractivity contribution in [2.75, 3.05) is 5.32 Å². The lowest BCUT2D eigenvalue weighted by atomic mass is 10.2. The van der Waals surface area contributed by atoms with Crippen molar-refractivity contribution in [3.63, 3.8) is 0 Å². The maximum atomic E-state index is 11.8. The van der Waals surface area contributed by atoms with E-state index in [9.17, 15) is 9.59 Å². The molecule has 4 nitrogen and oxygen atoms in total. The summed E-state index contributed by atoms with van der Waals surface area (Å²) in [6.45, 7) is 0. The predicted molar refractivity (Wildman–Crippen MR) is 79.1 cm³/mol. The van der Waals surface area contributed by atoms with Gasteiger partial charge >= 0.3 is 0 Å². The van der Waals surface area contributed by atoms with Gasteiger partial charge in [0.15, 0.2) is 0 Å². The van der Waals surface area contributed by atoms with Gasteiger partial charge in [-0.05, 0) is 29.8 Å². The summed E-state index contributed by atoms with van der Waals surface area (Å²) >= 11 is 0. The van der Waals surface area contributed by atoms with Crippen LogP contribution in [0.5, 0.6) is 0 Å². The molecule has 0 saturated carbocycles. The van der Waals surface area contributed by atoms with Crippen molar-refractivity contribution in [2.45, 2.75) is 0 Å². The van der Waals surface area contributed by atoms with E-state index in [2.05, 4.69) is 5.32 Å². The van der Waals surface area contributed by atoms with Crippen molar-refractivity contribution in [2.24, 2.45) is 5.73 Å². The molecule has 0 heterocycles. The molecule has 20 heavy (non-hydrogen) atoms. The molecule has 100 valence electrons. The molecule has 0 radical (unpaired) electrons. The molecular formula is C16H14N2O2. The van der Waals surface area contributed by atoms with Crippen molar-refractivity contribution in [3.8, 4) is 0 Å². The quantitative estimate of drug-likeness (QED) is 0.834. The van der Waals surface area contributed by atoms with Gasteiger partial charge in [-0.2, -0.15) is 0 Å². The SMILES string of the molecule is NC(=O)c1cccc(NC(=O)C=Cc2ccccc2)c1. The first-order chi connectivity index (χ1) is 9.65. The smallest absolute Gasteiger partial charge is 0.248 e. The van der Waals surface area contributed by atoms with E-state index in [4.69, 9.17) is 5.73 Å². The van der Waals surface area contributed by atoms with Gasteiger partial charge in [-0.3, -0.25) is 9.59 Å². The van der Waals surface area contributed by atoms with Gasteiger partial charge in [-0.1, -0.05) is 36.4 Å². The lowest BCUT2D eigenvalue weighted by Crippen LogP contribution is -2.12. The number of rotatable bonds is 4. The van der Waals surface area contributed by atoms with E-state index in [1.54, 1.807) is 24.3 Å². The van der Waals surface area contributed by atoms with Gasteiger partial charge in [0.1, 0.15) is 0 Å². The number of anilines is 1. The van der Waals surface area contributed by atoms with Crippen LogP contribution in [0.2, 0.25) is 0 Å². The van der Waals surface area contributed by atoms with Crippen LogP contribution in [0.15, 0.2) is 60.7 Å². The molecule has 0 aliphatic carbocycles. The van der Waals surface area contributed by atoms with Crippen LogP contribution >= 0.6 is 0 Å². The van der Waals surface area contributed by atoms with E-state index in [-0.39, 0.29) is 5.91 Å². The van der Waals surface area contributed by atoms with E-state index in [1.807, 2.05) is 30.3 Å². The zero-order chi connectivity index (χ0) is 14.4. The Balaban J connectivity index is 2.03. The summed E-state index contributed by atoms with van der Waals surface area (Å²) in [4.78, 5) is 22.8. The van der Waals surface area contributed by atoms with Gasteiger partial charge in [0, 0.05) is 17.3 Å². The molecule has 0 saturated heterocycles. The van der Waals surface area contributed by atoms with E-state index in [1.165, 1.54) is 12.1 Å². The van der Waals surface area contributed by atoms with Crippen LogP contribution in [0.3, 0.4) is 0 Å². The highest BCUT2D eigenvalue weighted by molar-refractivity contribution is 6.02. The van der Waals surface area contributed by atoms with Gasteiger partial charge < -0.3 is 11.1 Å². The highest BCUT2D eigenvalue weighted by atomic mass is 16.1. The minimum Gasteiger partial charge on any atom is -0.366 e. The van der Waals surface area contributed by atoms with E-state index in [0.29, 0.717) is 11.3 Å². The molecule has 2 aromatic rings. The lowest BCUT2D eigenvalue weighted by Gasteiger charge is -2.03. The second kappa shape index (κ2) is 6.33. The van der Waals surface area contributed by atoms with Crippen LogP contribution in [0.1, 0.15) is 15.9 Å². The number of nitrogens with two attached hydrogens (primary N) is 1. The topological polar surface area (TPSA) is 72.2 Å². The van der Waals surface area contributed by atoms with Gasteiger partial charge in [0.2, 0.25) is 11.8 Å². The molecular weight excluding hydrogens is 252 g/mol. The molecule has 0 aliphatic rings. The van der Waals surface area contributed by atoms with Crippen molar-refractivity contribution >= 4 is 23.6 Å². The van der Waals surface area contributed by atoms with Gasteiger partial charge in [-0.25, -0.2) is 0 Å². The molecule has 0 aliphatic heterocycles. The summed E-state index contributed by atoms with van der Waals surface area (Å²) in [6, 6.07) is 16.0. The van der Waals surface area contributed by atoms with Crippen LogP contribution < -0.4 is 11.1 Å². The number of carbonyl (C=O) groups excluding carboxylic acids is 2. The summed E-state index contributed by atoms with van der Waals surface area (Å²) in [6.07, 6.45) is 3.15. The summed E-state index contributed by atoms with van der Waals surface area (Å²) in [7, 11) is 0. The zero-order valence-electron chi connectivity index (χ0n) is 10.7. The normalized spacial score (nSPS) is 10.4. The second-order valence-electron chi connectivity index (χ2n) is 4.18. The first-order valence-corrected chi connectivity index (χ1v) is 6.09. The summed E-state index contributed by atoms with van der Waals surface area (Å²) in [5, 5.41) is 2.67. The lowest BCUT2D eigenvalue weighted by molar-refractivity contribution is -0.111. The van der Waals surface area contributed by atoms with Gasteiger partial charge in [-0.15, -0.1) is 0 Å². The average Bonchev–Trinajstić information content (AvgIpc) is 2.46. The number of hydrogen-bond donors (Lipinski definition) is 2. The van der Waals surface area contributed by atoms with Crippen molar-refractivity contribution < 1.29 is 9.59 Å². The standard InChI is InChI=1S/C16H14N2O2/c17-16(20)13-7-4-8-14(11-13)18-15(19)10-9-12-5-2-1-3-6-12/h1-11H,(H2,17,20)(H,18,19). The molecule has 0 aromatic heterocycles.